The fraction of sp³-hybridized carbons (Fsp3) is 0.571. The molecule has 0 aliphatic heterocycles. The van der Waals surface area contributed by atoms with Gasteiger partial charge in [0.25, 0.3) is 0 Å². The molecule has 0 radical (unpaired) electrons. The highest BCUT2D eigenvalue weighted by Gasteiger charge is 1.97. The number of H-pyrrole nitrogens is 1. The lowest BCUT2D eigenvalue weighted by molar-refractivity contribution is 0.288. The van der Waals surface area contributed by atoms with E-state index in [1.54, 1.807) is 0 Å². The Hall–Kier alpha value is -0.830. The zero-order valence-corrected chi connectivity index (χ0v) is 6.09. The van der Waals surface area contributed by atoms with Gasteiger partial charge in [0, 0.05) is 12.3 Å². The van der Waals surface area contributed by atoms with E-state index in [1.165, 1.54) is 5.56 Å². The van der Waals surface area contributed by atoms with Crippen molar-refractivity contribution >= 4 is 0 Å². The number of aromatic amines is 1. The van der Waals surface area contributed by atoms with Crippen LogP contribution >= 0.6 is 0 Å². The summed E-state index contributed by atoms with van der Waals surface area (Å²) in [7, 11) is 0. The minimum absolute atomic E-state index is 0.255. The molecule has 0 aliphatic carbocycles. The van der Waals surface area contributed by atoms with Crippen LogP contribution in [-0.2, 0) is 6.42 Å². The van der Waals surface area contributed by atoms with Crippen LogP contribution in [0, 0.1) is 6.92 Å². The molecule has 56 valence electrons. The molecule has 0 bridgehead atoms. The zero-order chi connectivity index (χ0) is 7.40. The van der Waals surface area contributed by atoms with E-state index in [0.717, 1.165) is 18.5 Å². The second-order valence-corrected chi connectivity index (χ2v) is 2.35. The van der Waals surface area contributed by atoms with Gasteiger partial charge in [0.2, 0.25) is 0 Å². The van der Waals surface area contributed by atoms with Crippen molar-refractivity contribution in [3.63, 3.8) is 0 Å². The van der Waals surface area contributed by atoms with E-state index in [9.17, 15) is 0 Å². The van der Waals surface area contributed by atoms with Crippen molar-refractivity contribution in [3.05, 3.63) is 17.5 Å². The molecule has 1 heterocycles. The Morgan fingerprint density at radius 2 is 2.50 bits per heavy atom. The fourth-order valence-electron chi connectivity index (χ4n) is 0.897. The number of rotatable bonds is 3. The van der Waals surface area contributed by atoms with Crippen LogP contribution < -0.4 is 0 Å². The number of aryl methyl sites for hydroxylation is 2. The van der Waals surface area contributed by atoms with Crippen LogP contribution in [0.25, 0.3) is 0 Å². The van der Waals surface area contributed by atoms with Gasteiger partial charge in [-0.2, -0.15) is 5.10 Å². The summed E-state index contributed by atoms with van der Waals surface area (Å²) in [6.07, 6.45) is 3.55. The predicted octanol–water partition coefficient (Wildman–Crippen LogP) is 0.643. The van der Waals surface area contributed by atoms with E-state index in [0.29, 0.717) is 0 Å². The molecule has 0 unspecified atom stereocenters. The molecule has 0 saturated heterocycles. The van der Waals surface area contributed by atoms with E-state index in [4.69, 9.17) is 5.11 Å². The van der Waals surface area contributed by atoms with Crippen LogP contribution in [0.2, 0.25) is 0 Å². The lowest BCUT2D eigenvalue weighted by Gasteiger charge is -1.93. The maximum absolute atomic E-state index is 8.53. The Balaban J connectivity index is 2.49. The van der Waals surface area contributed by atoms with Crippen molar-refractivity contribution in [1.82, 2.24) is 10.2 Å². The number of nitrogens with one attached hydrogen (secondary N) is 1. The van der Waals surface area contributed by atoms with E-state index in [2.05, 4.69) is 10.2 Å². The van der Waals surface area contributed by atoms with Gasteiger partial charge in [-0.1, -0.05) is 0 Å². The molecular weight excluding hydrogens is 128 g/mol. The average molecular weight is 140 g/mol. The number of nitrogens with zero attached hydrogens (tertiary/aromatic N) is 1. The SMILES string of the molecule is Cc1[nH]ncc1CCCO. The van der Waals surface area contributed by atoms with Gasteiger partial charge >= 0.3 is 0 Å². The van der Waals surface area contributed by atoms with Crippen LogP contribution in [0.15, 0.2) is 6.20 Å². The van der Waals surface area contributed by atoms with Crippen LogP contribution in [0.5, 0.6) is 0 Å². The molecule has 3 nitrogen and oxygen atoms in total. The molecule has 0 aromatic carbocycles. The summed E-state index contributed by atoms with van der Waals surface area (Å²) < 4.78 is 0. The third-order valence-corrected chi connectivity index (χ3v) is 1.54. The highest BCUT2D eigenvalue weighted by Crippen LogP contribution is 2.04. The molecule has 0 aliphatic rings. The van der Waals surface area contributed by atoms with Gasteiger partial charge in [-0.25, -0.2) is 0 Å². The molecule has 1 rings (SSSR count). The Morgan fingerprint density at radius 1 is 1.70 bits per heavy atom. The van der Waals surface area contributed by atoms with Gasteiger partial charge < -0.3 is 5.11 Å². The minimum Gasteiger partial charge on any atom is -0.396 e. The van der Waals surface area contributed by atoms with Crippen molar-refractivity contribution in [3.8, 4) is 0 Å². The molecule has 0 spiro atoms. The molecule has 2 N–H and O–H groups in total. The summed E-state index contributed by atoms with van der Waals surface area (Å²) in [5.41, 5.74) is 2.31. The molecule has 0 amide bonds. The third-order valence-electron chi connectivity index (χ3n) is 1.54. The van der Waals surface area contributed by atoms with Crippen molar-refractivity contribution < 1.29 is 5.11 Å². The standard InChI is InChI=1S/C7H12N2O/c1-6-7(3-2-4-10)5-8-9-6/h5,10H,2-4H2,1H3,(H,8,9). The Bertz CT molecular complexity index is 195. The summed E-state index contributed by atoms with van der Waals surface area (Å²) in [6, 6.07) is 0. The first-order valence-electron chi connectivity index (χ1n) is 3.44. The maximum Gasteiger partial charge on any atom is 0.0522 e. The molecule has 0 fully saturated rings. The van der Waals surface area contributed by atoms with E-state index < -0.39 is 0 Å². The number of aromatic nitrogens is 2. The second kappa shape index (κ2) is 3.37. The lowest BCUT2D eigenvalue weighted by atomic mass is 10.1. The lowest BCUT2D eigenvalue weighted by Crippen LogP contribution is -1.89. The van der Waals surface area contributed by atoms with Gasteiger partial charge in [-0.05, 0) is 25.3 Å². The van der Waals surface area contributed by atoms with Crippen molar-refractivity contribution in [1.29, 1.82) is 0 Å². The second-order valence-electron chi connectivity index (χ2n) is 2.35. The topological polar surface area (TPSA) is 48.9 Å². The van der Waals surface area contributed by atoms with Crippen LogP contribution in [0.4, 0.5) is 0 Å². The first kappa shape index (κ1) is 7.28. The maximum atomic E-state index is 8.53. The van der Waals surface area contributed by atoms with Gasteiger partial charge in [-0.15, -0.1) is 0 Å². The van der Waals surface area contributed by atoms with Crippen molar-refractivity contribution in [2.75, 3.05) is 6.61 Å². The summed E-state index contributed by atoms with van der Waals surface area (Å²) in [4.78, 5) is 0. The summed E-state index contributed by atoms with van der Waals surface area (Å²) in [5.74, 6) is 0. The minimum atomic E-state index is 0.255. The van der Waals surface area contributed by atoms with Crippen LogP contribution in [-0.4, -0.2) is 21.9 Å². The normalized spacial score (nSPS) is 10.2. The summed E-state index contributed by atoms with van der Waals surface area (Å²) in [5, 5.41) is 15.2. The van der Waals surface area contributed by atoms with Gasteiger partial charge in [0.1, 0.15) is 0 Å². The monoisotopic (exact) mass is 140 g/mol. The highest BCUT2D eigenvalue weighted by molar-refractivity contribution is 5.13. The van der Waals surface area contributed by atoms with Crippen molar-refractivity contribution in [2.24, 2.45) is 0 Å². The molecule has 0 saturated carbocycles. The van der Waals surface area contributed by atoms with Crippen LogP contribution in [0.3, 0.4) is 0 Å². The Kier molecular flexibility index (Phi) is 2.45. The first-order valence-corrected chi connectivity index (χ1v) is 3.44. The molecule has 10 heavy (non-hydrogen) atoms. The molecule has 0 atom stereocenters. The Labute approximate surface area is 60.1 Å². The Morgan fingerprint density at radius 3 is 3.00 bits per heavy atom. The summed E-state index contributed by atoms with van der Waals surface area (Å²) >= 11 is 0. The van der Waals surface area contributed by atoms with E-state index in [-0.39, 0.29) is 6.61 Å². The fourth-order valence-corrected chi connectivity index (χ4v) is 0.897. The van der Waals surface area contributed by atoms with Gasteiger partial charge in [0.05, 0.1) is 6.20 Å². The van der Waals surface area contributed by atoms with Crippen molar-refractivity contribution in [2.45, 2.75) is 19.8 Å². The average Bonchev–Trinajstić information content (AvgIpc) is 2.31. The largest absolute Gasteiger partial charge is 0.396 e. The smallest absolute Gasteiger partial charge is 0.0522 e. The number of hydrogen-bond acceptors (Lipinski definition) is 2. The van der Waals surface area contributed by atoms with E-state index in [1.807, 2.05) is 13.1 Å². The molecular formula is C7H12N2O. The van der Waals surface area contributed by atoms with Crippen LogP contribution in [0.1, 0.15) is 17.7 Å². The first-order chi connectivity index (χ1) is 4.84. The number of aliphatic hydroxyl groups is 1. The van der Waals surface area contributed by atoms with E-state index >= 15 is 0 Å². The molecule has 1 aromatic rings. The number of hydrogen-bond donors (Lipinski definition) is 2. The third kappa shape index (κ3) is 1.57. The predicted molar refractivity (Wildman–Crippen MR) is 38.7 cm³/mol. The quantitative estimate of drug-likeness (QED) is 0.647. The molecule has 1 aromatic heterocycles. The summed E-state index contributed by atoms with van der Waals surface area (Å²) in [6.45, 7) is 2.24. The van der Waals surface area contributed by atoms with Gasteiger partial charge in [0.15, 0.2) is 0 Å². The number of aliphatic hydroxyl groups excluding tert-OH is 1. The molecule has 3 heteroatoms. The highest BCUT2D eigenvalue weighted by atomic mass is 16.2. The van der Waals surface area contributed by atoms with Gasteiger partial charge in [-0.3, -0.25) is 5.10 Å². The zero-order valence-electron chi connectivity index (χ0n) is 6.09.